The number of carbonyl (C=O) groups is 1. The van der Waals surface area contributed by atoms with E-state index < -0.39 is 0 Å². The molecule has 0 atom stereocenters. The van der Waals surface area contributed by atoms with Crippen LogP contribution in [0.15, 0.2) is 54.7 Å². The van der Waals surface area contributed by atoms with Gasteiger partial charge in [0.2, 0.25) is 5.95 Å². The summed E-state index contributed by atoms with van der Waals surface area (Å²) in [5.41, 5.74) is 3.24. The first-order valence-electron chi connectivity index (χ1n) is 8.95. The summed E-state index contributed by atoms with van der Waals surface area (Å²) >= 11 is 6.25. The van der Waals surface area contributed by atoms with Crippen molar-refractivity contribution in [2.24, 2.45) is 0 Å². The normalized spacial score (nSPS) is 10.6. The number of anilines is 4. The summed E-state index contributed by atoms with van der Waals surface area (Å²) in [6.07, 6.45) is 1.52. The van der Waals surface area contributed by atoms with E-state index in [4.69, 9.17) is 11.6 Å². The van der Waals surface area contributed by atoms with E-state index in [-0.39, 0.29) is 5.91 Å². The number of halogens is 1. The van der Waals surface area contributed by atoms with Gasteiger partial charge in [-0.1, -0.05) is 49.7 Å². The Hall–Kier alpha value is -3.12. The molecule has 0 radical (unpaired) electrons. The zero-order valence-corrected chi connectivity index (χ0v) is 16.7. The van der Waals surface area contributed by atoms with Crippen molar-refractivity contribution >= 4 is 40.6 Å². The van der Waals surface area contributed by atoms with Crippen LogP contribution in [0.3, 0.4) is 0 Å². The van der Waals surface area contributed by atoms with Crippen molar-refractivity contribution in [1.29, 1.82) is 0 Å². The predicted molar refractivity (Wildman–Crippen MR) is 114 cm³/mol. The number of para-hydroxylation sites is 1. The van der Waals surface area contributed by atoms with Crippen molar-refractivity contribution in [3.05, 3.63) is 70.9 Å². The molecule has 2 aromatic carbocycles. The lowest BCUT2D eigenvalue weighted by Gasteiger charge is -2.13. The van der Waals surface area contributed by atoms with Gasteiger partial charge >= 0.3 is 0 Å². The Morgan fingerprint density at radius 2 is 1.75 bits per heavy atom. The van der Waals surface area contributed by atoms with Crippen LogP contribution < -0.4 is 16.0 Å². The highest BCUT2D eigenvalue weighted by atomic mass is 35.5. The number of nitrogens with zero attached hydrogens (tertiary/aromatic N) is 2. The molecule has 3 rings (SSSR count). The van der Waals surface area contributed by atoms with E-state index in [1.54, 1.807) is 25.2 Å². The molecule has 28 heavy (non-hydrogen) atoms. The van der Waals surface area contributed by atoms with Crippen LogP contribution in [0.1, 0.15) is 35.7 Å². The van der Waals surface area contributed by atoms with Gasteiger partial charge in [0.1, 0.15) is 5.02 Å². The van der Waals surface area contributed by atoms with E-state index in [0.29, 0.717) is 34.0 Å². The Kier molecular flexibility index (Phi) is 6.11. The number of nitrogens with one attached hydrogen (secondary N) is 3. The number of rotatable bonds is 6. The van der Waals surface area contributed by atoms with Crippen LogP contribution >= 0.6 is 11.6 Å². The molecule has 0 saturated heterocycles. The predicted octanol–water partition coefficient (Wildman–Crippen LogP) is 5.10. The van der Waals surface area contributed by atoms with Gasteiger partial charge in [-0.3, -0.25) is 4.79 Å². The van der Waals surface area contributed by atoms with E-state index in [9.17, 15) is 4.79 Å². The van der Waals surface area contributed by atoms with E-state index >= 15 is 0 Å². The minimum atomic E-state index is -0.197. The summed E-state index contributed by atoms with van der Waals surface area (Å²) in [5, 5.41) is 9.27. The zero-order valence-electron chi connectivity index (χ0n) is 16.0. The highest BCUT2D eigenvalue weighted by Gasteiger charge is 2.12. The van der Waals surface area contributed by atoms with Crippen LogP contribution in [0, 0.1) is 0 Å². The molecule has 0 spiro atoms. The standard InChI is InChI=1S/C21H22ClN5O/c1-13(2)14-8-10-15(11-9-14)25-21-24-12-17(22)19(27-21)26-18-7-5-4-6-16(18)20(28)23-3/h4-13H,1-3H3,(H,23,28)(H2,24,25,26,27). The molecule has 3 N–H and O–H groups in total. The monoisotopic (exact) mass is 395 g/mol. The van der Waals surface area contributed by atoms with Gasteiger partial charge in [0.05, 0.1) is 17.4 Å². The summed E-state index contributed by atoms with van der Waals surface area (Å²) in [6, 6.07) is 15.3. The van der Waals surface area contributed by atoms with E-state index in [1.165, 1.54) is 11.8 Å². The number of benzene rings is 2. The van der Waals surface area contributed by atoms with Gasteiger partial charge < -0.3 is 16.0 Å². The van der Waals surface area contributed by atoms with E-state index in [1.807, 2.05) is 18.2 Å². The van der Waals surface area contributed by atoms with Gasteiger partial charge in [0, 0.05) is 12.7 Å². The Morgan fingerprint density at radius 3 is 2.43 bits per heavy atom. The number of hydrogen-bond donors (Lipinski definition) is 3. The Morgan fingerprint density at radius 1 is 1.04 bits per heavy atom. The molecular formula is C21H22ClN5O. The molecule has 0 aliphatic rings. The first-order valence-corrected chi connectivity index (χ1v) is 9.33. The fourth-order valence-electron chi connectivity index (χ4n) is 2.65. The Labute approximate surface area is 169 Å². The molecule has 3 aromatic rings. The molecule has 7 heteroatoms. The fourth-order valence-corrected chi connectivity index (χ4v) is 2.79. The van der Waals surface area contributed by atoms with Crippen LogP contribution in [0.5, 0.6) is 0 Å². The van der Waals surface area contributed by atoms with Gasteiger partial charge in [0.15, 0.2) is 5.82 Å². The second-order valence-electron chi connectivity index (χ2n) is 6.54. The van der Waals surface area contributed by atoms with Gasteiger partial charge in [-0.05, 0) is 35.7 Å². The lowest BCUT2D eigenvalue weighted by molar-refractivity contribution is 0.0964. The number of carbonyl (C=O) groups excluding carboxylic acids is 1. The molecular weight excluding hydrogens is 374 g/mol. The summed E-state index contributed by atoms with van der Waals surface area (Å²) < 4.78 is 0. The molecule has 0 fully saturated rings. The molecule has 1 heterocycles. The first-order chi connectivity index (χ1) is 13.5. The van der Waals surface area contributed by atoms with Crippen molar-refractivity contribution in [3.63, 3.8) is 0 Å². The minimum Gasteiger partial charge on any atom is -0.355 e. The third-order valence-electron chi connectivity index (χ3n) is 4.23. The maximum absolute atomic E-state index is 12.1. The summed E-state index contributed by atoms with van der Waals surface area (Å²) in [4.78, 5) is 20.7. The molecule has 0 unspecified atom stereocenters. The van der Waals surface area contributed by atoms with Crippen molar-refractivity contribution in [3.8, 4) is 0 Å². The highest BCUT2D eigenvalue weighted by Crippen LogP contribution is 2.27. The number of aromatic nitrogens is 2. The van der Waals surface area contributed by atoms with Crippen LogP contribution in [0.2, 0.25) is 5.02 Å². The molecule has 0 bridgehead atoms. The summed E-state index contributed by atoms with van der Waals surface area (Å²) in [5.74, 6) is 1.09. The summed E-state index contributed by atoms with van der Waals surface area (Å²) in [7, 11) is 1.59. The average molecular weight is 396 g/mol. The SMILES string of the molecule is CNC(=O)c1ccccc1Nc1nc(Nc2ccc(C(C)C)cc2)ncc1Cl. The van der Waals surface area contributed by atoms with Gasteiger partial charge in [-0.15, -0.1) is 0 Å². The minimum absolute atomic E-state index is 0.197. The van der Waals surface area contributed by atoms with Gasteiger partial charge in [-0.2, -0.15) is 4.98 Å². The number of hydrogen-bond acceptors (Lipinski definition) is 5. The van der Waals surface area contributed by atoms with E-state index in [0.717, 1.165) is 5.69 Å². The van der Waals surface area contributed by atoms with Gasteiger partial charge in [0.25, 0.3) is 5.91 Å². The lowest BCUT2D eigenvalue weighted by Crippen LogP contribution is -2.19. The molecule has 144 valence electrons. The second kappa shape index (κ2) is 8.71. The van der Waals surface area contributed by atoms with Crippen molar-refractivity contribution in [2.45, 2.75) is 19.8 Å². The Bertz CT molecular complexity index is 973. The number of amides is 1. The average Bonchev–Trinajstić information content (AvgIpc) is 2.70. The van der Waals surface area contributed by atoms with Crippen LogP contribution in [-0.2, 0) is 0 Å². The maximum Gasteiger partial charge on any atom is 0.253 e. The molecule has 0 saturated carbocycles. The second-order valence-corrected chi connectivity index (χ2v) is 6.95. The third-order valence-corrected chi connectivity index (χ3v) is 4.51. The molecule has 0 aliphatic carbocycles. The largest absolute Gasteiger partial charge is 0.355 e. The smallest absolute Gasteiger partial charge is 0.253 e. The fraction of sp³-hybridized carbons (Fsp3) is 0.190. The maximum atomic E-state index is 12.1. The quantitative estimate of drug-likeness (QED) is 0.541. The molecule has 6 nitrogen and oxygen atoms in total. The van der Waals surface area contributed by atoms with Crippen molar-refractivity contribution < 1.29 is 4.79 Å². The topological polar surface area (TPSA) is 78.9 Å². The lowest BCUT2D eigenvalue weighted by atomic mass is 10.0. The molecule has 0 aliphatic heterocycles. The van der Waals surface area contributed by atoms with Crippen LogP contribution in [-0.4, -0.2) is 22.9 Å². The van der Waals surface area contributed by atoms with Crippen LogP contribution in [0.4, 0.5) is 23.1 Å². The first kappa shape index (κ1) is 19.6. The van der Waals surface area contributed by atoms with Crippen LogP contribution in [0.25, 0.3) is 0 Å². The molecule has 1 amide bonds. The molecule has 1 aromatic heterocycles. The summed E-state index contributed by atoms with van der Waals surface area (Å²) in [6.45, 7) is 4.30. The zero-order chi connectivity index (χ0) is 20.1. The van der Waals surface area contributed by atoms with Gasteiger partial charge in [-0.25, -0.2) is 4.98 Å². The highest BCUT2D eigenvalue weighted by molar-refractivity contribution is 6.33. The Balaban J connectivity index is 1.83. The van der Waals surface area contributed by atoms with E-state index in [2.05, 4.69) is 51.9 Å². The van der Waals surface area contributed by atoms with Crippen molar-refractivity contribution in [1.82, 2.24) is 15.3 Å². The van der Waals surface area contributed by atoms with Crippen molar-refractivity contribution in [2.75, 3.05) is 17.7 Å². The third kappa shape index (κ3) is 4.58.